The Morgan fingerprint density at radius 3 is 2.81 bits per heavy atom. The highest BCUT2D eigenvalue weighted by atomic mass is 16.4. The lowest BCUT2D eigenvalue weighted by molar-refractivity contribution is -0.137. The Balaban J connectivity index is 1.46. The van der Waals surface area contributed by atoms with Gasteiger partial charge >= 0.3 is 5.97 Å². The van der Waals surface area contributed by atoms with E-state index in [2.05, 4.69) is 31.3 Å². The van der Waals surface area contributed by atoms with Crippen LogP contribution in [0.2, 0.25) is 0 Å². The summed E-state index contributed by atoms with van der Waals surface area (Å²) >= 11 is 0. The van der Waals surface area contributed by atoms with Crippen LogP contribution in [0.25, 0.3) is 11.0 Å². The van der Waals surface area contributed by atoms with Crippen LogP contribution in [0.4, 0.5) is 0 Å². The lowest BCUT2D eigenvalue weighted by Crippen LogP contribution is -2.63. The van der Waals surface area contributed by atoms with Crippen LogP contribution in [0.15, 0.2) is 41.0 Å². The number of benzene rings is 1. The summed E-state index contributed by atoms with van der Waals surface area (Å²) in [4.78, 5) is 23.8. The average molecular weight is 426 g/mol. The first kappa shape index (κ1) is 21.5. The molecule has 4 atom stereocenters. The molecule has 2 bridgehead atoms. The van der Waals surface area contributed by atoms with E-state index in [1.165, 1.54) is 6.26 Å². The number of carboxylic acid groups (broad SMARTS) is 1. The maximum Gasteiger partial charge on any atom is 0.303 e. The van der Waals surface area contributed by atoms with Gasteiger partial charge in [-0.25, -0.2) is 0 Å². The van der Waals surface area contributed by atoms with Crippen molar-refractivity contribution in [2.75, 3.05) is 0 Å². The summed E-state index contributed by atoms with van der Waals surface area (Å²) in [7, 11) is 0. The zero-order chi connectivity index (χ0) is 22.2. The number of aliphatic carboxylic acids is 1. The van der Waals surface area contributed by atoms with Crippen LogP contribution in [0.1, 0.15) is 62.7 Å². The fourth-order valence-electron chi connectivity index (χ4n) is 5.55. The van der Waals surface area contributed by atoms with Gasteiger partial charge in [-0.15, -0.1) is 0 Å². The number of hydrogen-bond donors (Lipinski definition) is 3. The molecule has 31 heavy (non-hydrogen) atoms. The maximum atomic E-state index is 13.2. The van der Waals surface area contributed by atoms with Crippen LogP contribution in [0.3, 0.4) is 0 Å². The molecule has 0 aliphatic heterocycles. The number of aromatic hydroxyl groups is 1. The molecule has 3 aliphatic carbocycles. The van der Waals surface area contributed by atoms with Crippen molar-refractivity contribution < 1.29 is 24.2 Å². The van der Waals surface area contributed by atoms with Crippen molar-refractivity contribution in [1.29, 1.82) is 0 Å². The van der Waals surface area contributed by atoms with Crippen molar-refractivity contribution in [1.82, 2.24) is 5.32 Å². The van der Waals surface area contributed by atoms with Crippen LogP contribution in [-0.4, -0.2) is 28.1 Å². The summed E-state index contributed by atoms with van der Waals surface area (Å²) in [5.74, 6) is 0.671. The zero-order valence-electron chi connectivity index (χ0n) is 18.1. The van der Waals surface area contributed by atoms with E-state index in [0.717, 1.165) is 25.7 Å². The highest BCUT2D eigenvalue weighted by Crippen LogP contribution is 2.61. The molecular formula is C25H31NO5. The number of rotatable bonds is 8. The number of carbonyl (C=O) groups is 2. The van der Waals surface area contributed by atoms with E-state index in [0.29, 0.717) is 40.7 Å². The number of nitrogens with one attached hydrogen (secondary N) is 1. The van der Waals surface area contributed by atoms with Crippen LogP contribution in [0.5, 0.6) is 5.75 Å². The van der Waals surface area contributed by atoms with Crippen molar-refractivity contribution >= 4 is 22.8 Å². The predicted molar refractivity (Wildman–Crippen MR) is 118 cm³/mol. The van der Waals surface area contributed by atoms with Crippen LogP contribution in [-0.2, 0) is 4.79 Å². The molecule has 2 aromatic rings. The number of hydrogen-bond acceptors (Lipinski definition) is 4. The topological polar surface area (TPSA) is 99.8 Å². The molecule has 3 fully saturated rings. The standard InChI is InChI=1S/C25H31NO5/c1-25(2)16-11-15(7-5-3-4-6-8-22(28)29)23(20(25)12-16)26-24(30)19-14-31-21-10-9-17(27)13-18(19)21/h3,5,9-10,13-16,20,23,27H,4,6-8,11-12H2,1-2H3,(H,26,30)(H,28,29)/b5-3-/t15-,16-,20-,23+/m0/s1. The Morgan fingerprint density at radius 2 is 2.06 bits per heavy atom. The van der Waals surface area contributed by atoms with Crippen LogP contribution < -0.4 is 5.32 Å². The second kappa shape index (κ2) is 8.40. The molecule has 1 amide bonds. The van der Waals surface area contributed by atoms with E-state index in [4.69, 9.17) is 9.52 Å². The molecule has 3 aliphatic rings. The van der Waals surface area contributed by atoms with Gasteiger partial charge in [0.15, 0.2) is 0 Å². The van der Waals surface area contributed by atoms with Gasteiger partial charge in [0.2, 0.25) is 0 Å². The normalized spacial score (nSPS) is 26.6. The van der Waals surface area contributed by atoms with Crippen molar-refractivity contribution in [2.45, 2.75) is 58.4 Å². The van der Waals surface area contributed by atoms with Gasteiger partial charge in [0.25, 0.3) is 5.91 Å². The number of carboxylic acids is 1. The molecule has 0 unspecified atom stereocenters. The van der Waals surface area contributed by atoms with E-state index in [1.807, 2.05) is 0 Å². The molecule has 1 heterocycles. The Kier molecular flexibility index (Phi) is 5.82. The minimum absolute atomic E-state index is 0.0819. The summed E-state index contributed by atoms with van der Waals surface area (Å²) in [6.45, 7) is 4.60. The number of amides is 1. The van der Waals surface area contributed by atoms with E-state index in [-0.39, 0.29) is 29.5 Å². The molecule has 0 spiro atoms. The highest BCUT2D eigenvalue weighted by Gasteiger charge is 2.57. The van der Waals surface area contributed by atoms with Crippen molar-refractivity contribution in [3.8, 4) is 5.75 Å². The Morgan fingerprint density at radius 1 is 1.26 bits per heavy atom. The number of carbonyl (C=O) groups excluding carboxylic acids is 1. The summed E-state index contributed by atoms with van der Waals surface area (Å²) in [6, 6.07) is 4.86. The third-order valence-corrected chi connectivity index (χ3v) is 7.54. The third kappa shape index (κ3) is 4.21. The lowest BCUT2D eigenvalue weighted by Gasteiger charge is -2.62. The van der Waals surface area contributed by atoms with Crippen molar-refractivity contribution in [3.05, 3.63) is 42.2 Å². The fraction of sp³-hybridized carbons (Fsp3) is 0.520. The molecule has 5 rings (SSSR count). The minimum atomic E-state index is -0.758. The van der Waals surface area contributed by atoms with Gasteiger partial charge in [-0.2, -0.15) is 0 Å². The van der Waals surface area contributed by atoms with E-state index in [1.54, 1.807) is 18.2 Å². The van der Waals surface area contributed by atoms with Gasteiger partial charge in [-0.05, 0) is 73.5 Å². The third-order valence-electron chi connectivity index (χ3n) is 7.54. The SMILES string of the molecule is CC1(C)[C@H]2C[C@H](C/C=C\CCCC(=O)O)[C@@H](NC(=O)c3coc4ccc(O)cc34)[C@@H]1C2. The molecular weight excluding hydrogens is 394 g/mol. The molecule has 3 N–H and O–H groups in total. The smallest absolute Gasteiger partial charge is 0.303 e. The van der Waals surface area contributed by atoms with Crippen LogP contribution in [0, 0.1) is 23.2 Å². The minimum Gasteiger partial charge on any atom is -0.508 e. The fourth-order valence-corrected chi connectivity index (χ4v) is 5.55. The maximum absolute atomic E-state index is 13.2. The number of unbranched alkanes of at least 4 members (excludes halogenated alkanes) is 1. The van der Waals surface area contributed by atoms with E-state index >= 15 is 0 Å². The van der Waals surface area contributed by atoms with Crippen LogP contribution >= 0.6 is 0 Å². The second-order valence-electron chi connectivity index (χ2n) is 9.68. The van der Waals surface area contributed by atoms with Gasteiger partial charge in [0.1, 0.15) is 17.6 Å². The summed E-state index contributed by atoms with van der Waals surface area (Å²) in [6.07, 6.45) is 10.4. The van der Waals surface area contributed by atoms with Gasteiger partial charge in [0.05, 0.1) is 5.56 Å². The number of fused-ring (bicyclic) bond motifs is 3. The first-order valence-corrected chi connectivity index (χ1v) is 11.1. The van der Waals surface area contributed by atoms with E-state index in [9.17, 15) is 14.7 Å². The van der Waals surface area contributed by atoms with Gasteiger partial charge in [0, 0.05) is 17.8 Å². The summed E-state index contributed by atoms with van der Waals surface area (Å²) in [5, 5.41) is 22.5. The molecule has 3 saturated carbocycles. The predicted octanol–water partition coefficient (Wildman–Crippen LogP) is 5.12. The van der Waals surface area contributed by atoms with Crippen molar-refractivity contribution in [2.24, 2.45) is 23.2 Å². The zero-order valence-corrected chi connectivity index (χ0v) is 18.1. The number of phenols is 1. The first-order chi connectivity index (χ1) is 14.8. The number of allylic oxidation sites excluding steroid dienone is 2. The summed E-state index contributed by atoms with van der Waals surface area (Å²) < 4.78 is 5.51. The molecule has 6 nitrogen and oxygen atoms in total. The first-order valence-electron chi connectivity index (χ1n) is 11.1. The Labute approximate surface area is 182 Å². The average Bonchev–Trinajstić information content (AvgIpc) is 3.13. The van der Waals surface area contributed by atoms with Gasteiger partial charge in [-0.3, -0.25) is 9.59 Å². The molecule has 6 heteroatoms. The second-order valence-corrected chi connectivity index (χ2v) is 9.68. The number of phenolic OH excluding ortho intramolecular Hbond substituents is 1. The molecule has 0 radical (unpaired) electrons. The lowest BCUT2D eigenvalue weighted by atomic mass is 9.44. The molecule has 166 valence electrons. The van der Waals surface area contributed by atoms with Crippen molar-refractivity contribution in [3.63, 3.8) is 0 Å². The molecule has 1 aromatic heterocycles. The molecule has 1 aromatic carbocycles. The summed E-state index contributed by atoms with van der Waals surface area (Å²) in [5.41, 5.74) is 1.25. The van der Waals surface area contributed by atoms with Gasteiger partial charge < -0.3 is 19.9 Å². The highest BCUT2D eigenvalue weighted by molar-refractivity contribution is 6.06. The molecule has 0 saturated heterocycles. The van der Waals surface area contributed by atoms with Gasteiger partial charge in [-0.1, -0.05) is 26.0 Å². The monoisotopic (exact) mass is 425 g/mol. The Hall–Kier alpha value is -2.76. The quantitative estimate of drug-likeness (QED) is 0.403. The Bertz CT molecular complexity index is 1000. The largest absolute Gasteiger partial charge is 0.508 e. The van der Waals surface area contributed by atoms with E-state index < -0.39 is 5.97 Å². The number of furan rings is 1.